The molecular formula is C27H30N2O3S. The van der Waals surface area contributed by atoms with E-state index < -0.39 is 6.04 Å². The summed E-state index contributed by atoms with van der Waals surface area (Å²) in [7, 11) is 1.62. The molecule has 0 saturated heterocycles. The van der Waals surface area contributed by atoms with Crippen molar-refractivity contribution < 1.29 is 14.3 Å². The number of methoxy groups -OCH3 is 1. The summed E-state index contributed by atoms with van der Waals surface area (Å²) in [5.74, 6) is 0.445. The Hall–Kier alpha value is -3.12. The largest absolute Gasteiger partial charge is 0.497 e. The molecule has 33 heavy (non-hydrogen) atoms. The summed E-state index contributed by atoms with van der Waals surface area (Å²) in [4.78, 5) is 29.7. The van der Waals surface area contributed by atoms with E-state index in [-0.39, 0.29) is 17.9 Å². The second-order valence-corrected chi connectivity index (χ2v) is 9.37. The predicted octanol–water partition coefficient (Wildman–Crippen LogP) is 5.59. The molecule has 1 atom stereocenters. The van der Waals surface area contributed by atoms with E-state index in [0.29, 0.717) is 11.4 Å². The summed E-state index contributed by atoms with van der Waals surface area (Å²) in [5.41, 5.74) is 1.71. The molecule has 1 saturated carbocycles. The molecule has 1 aliphatic carbocycles. The number of carbonyl (C=O) groups excluding carboxylic acids is 2. The zero-order valence-corrected chi connectivity index (χ0v) is 19.7. The van der Waals surface area contributed by atoms with Crippen molar-refractivity contribution in [2.45, 2.75) is 50.7 Å². The summed E-state index contributed by atoms with van der Waals surface area (Å²) in [6.07, 6.45) is 5.45. The lowest BCUT2D eigenvalue weighted by Crippen LogP contribution is -2.46. The molecule has 0 aliphatic heterocycles. The minimum absolute atomic E-state index is 0.124. The summed E-state index contributed by atoms with van der Waals surface area (Å²) in [6, 6.07) is 20.3. The highest BCUT2D eigenvalue weighted by Gasteiger charge is 2.33. The number of amides is 2. The molecule has 5 nitrogen and oxygen atoms in total. The summed E-state index contributed by atoms with van der Waals surface area (Å²) in [6.45, 7) is 0.297. The number of thiophene rings is 1. The number of rotatable bonds is 8. The SMILES string of the molecule is COc1cccc(CN(C(=O)c2cccs2)[C@H](C(=O)NC2CCCCC2)c2ccccc2)c1. The van der Waals surface area contributed by atoms with Crippen molar-refractivity contribution in [1.82, 2.24) is 10.2 Å². The van der Waals surface area contributed by atoms with Crippen molar-refractivity contribution in [3.05, 3.63) is 88.1 Å². The molecule has 0 radical (unpaired) electrons. The van der Waals surface area contributed by atoms with Gasteiger partial charge in [-0.25, -0.2) is 0 Å². The molecule has 6 heteroatoms. The van der Waals surface area contributed by atoms with E-state index in [1.54, 1.807) is 12.0 Å². The number of ether oxygens (including phenoxy) is 1. The quantitative estimate of drug-likeness (QED) is 0.475. The Morgan fingerprint density at radius 2 is 1.82 bits per heavy atom. The van der Waals surface area contributed by atoms with Gasteiger partial charge in [-0.15, -0.1) is 11.3 Å². The third-order valence-corrected chi connectivity index (χ3v) is 6.96. The van der Waals surface area contributed by atoms with Crippen molar-refractivity contribution in [3.8, 4) is 5.75 Å². The fourth-order valence-corrected chi connectivity index (χ4v) is 5.10. The van der Waals surface area contributed by atoms with Crippen molar-refractivity contribution >= 4 is 23.2 Å². The van der Waals surface area contributed by atoms with Crippen LogP contribution in [-0.4, -0.2) is 29.9 Å². The van der Waals surface area contributed by atoms with Crippen LogP contribution in [0.3, 0.4) is 0 Å². The molecule has 4 rings (SSSR count). The molecule has 2 aromatic carbocycles. The predicted molar refractivity (Wildman–Crippen MR) is 131 cm³/mol. The highest BCUT2D eigenvalue weighted by molar-refractivity contribution is 7.12. The van der Waals surface area contributed by atoms with E-state index >= 15 is 0 Å². The first-order valence-corrected chi connectivity index (χ1v) is 12.4. The van der Waals surface area contributed by atoms with Crippen LogP contribution in [0.5, 0.6) is 5.75 Å². The van der Waals surface area contributed by atoms with Crippen LogP contribution in [0, 0.1) is 0 Å². The topological polar surface area (TPSA) is 58.6 Å². The van der Waals surface area contributed by atoms with Crippen molar-refractivity contribution in [2.75, 3.05) is 7.11 Å². The number of hydrogen-bond acceptors (Lipinski definition) is 4. The standard InChI is InChI=1S/C27H30N2O3S/c1-32-23-15-8-10-20(18-23)19-29(27(31)24-16-9-17-33-24)25(21-11-4-2-5-12-21)26(30)28-22-13-6-3-7-14-22/h2,4-5,8-12,15-18,22,25H,3,6-7,13-14,19H2,1H3,(H,28,30)/t25-/m0/s1. The Labute approximate surface area is 199 Å². The summed E-state index contributed by atoms with van der Waals surface area (Å²) < 4.78 is 5.38. The van der Waals surface area contributed by atoms with Gasteiger partial charge in [0, 0.05) is 12.6 Å². The second-order valence-electron chi connectivity index (χ2n) is 8.42. The van der Waals surface area contributed by atoms with Gasteiger partial charge in [-0.1, -0.05) is 67.8 Å². The normalized spacial score (nSPS) is 14.9. The van der Waals surface area contributed by atoms with Gasteiger partial charge >= 0.3 is 0 Å². The number of hydrogen-bond donors (Lipinski definition) is 1. The van der Waals surface area contributed by atoms with Gasteiger partial charge in [0.2, 0.25) is 5.91 Å². The Bertz CT molecular complexity index is 1050. The van der Waals surface area contributed by atoms with Gasteiger partial charge in [-0.3, -0.25) is 9.59 Å². The van der Waals surface area contributed by atoms with E-state index in [0.717, 1.165) is 42.6 Å². The third-order valence-electron chi connectivity index (χ3n) is 6.11. The first-order valence-electron chi connectivity index (χ1n) is 11.5. The monoisotopic (exact) mass is 462 g/mol. The lowest BCUT2D eigenvalue weighted by Gasteiger charge is -2.33. The average molecular weight is 463 g/mol. The van der Waals surface area contributed by atoms with Gasteiger partial charge in [-0.2, -0.15) is 0 Å². The summed E-state index contributed by atoms with van der Waals surface area (Å²) in [5, 5.41) is 5.14. The molecule has 1 heterocycles. The first kappa shape index (κ1) is 23.1. The van der Waals surface area contributed by atoms with Gasteiger partial charge in [-0.05, 0) is 47.5 Å². The number of carbonyl (C=O) groups is 2. The molecule has 0 unspecified atom stereocenters. The van der Waals surface area contributed by atoms with Gasteiger partial charge in [0.25, 0.3) is 5.91 Å². The Morgan fingerprint density at radius 3 is 2.52 bits per heavy atom. The fourth-order valence-electron chi connectivity index (χ4n) is 4.42. The molecule has 1 aliphatic rings. The molecule has 1 aromatic heterocycles. The van der Waals surface area contributed by atoms with E-state index in [4.69, 9.17) is 4.74 Å². The van der Waals surface area contributed by atoms with Gasteiger partial charge < -0.3 is 15.0 Å². The van der Waals surface area contributed by atoms with Crippen LogP contribution in [0.1, 0.15) is 58.9 Å². The molecule has 1 fully saturated rings. The second kappa shape index (κ2) is 11.1. The van der Waals surface area contributed by atoms with Crippen molar-refractivity contribution in [1.29, 1.82) is 0 Å². The molecule has 2 amide bonds. The highest BCUT2D eigenvalue weighted by Crippen LogP contribution is 2.29. The highest BCUT2D eigenvalue weighted by atomic mass is 32.1. The van der Waals surface area contributed by atoms with Crippen LogP contribution in [0.15, 0.2) is 72.1 Å². The first-order chi connectivity index (χ1) is 16.2. The maximum absolute atomic E-state index is 13.7. The maximum atomic E-state index is 13.7. The van der Waals surface area contributed by atoms with Gasteiger partial charge in [0.05, 0.1) is 12.0 Å². The fraction of sp³-hybridized carbons (Fsp3) is 0.333. The van der Waals surface area contributed by atoms with Crippen LogP contribution >= 0.6 is 11.3 Å². The number of benzene rings is 2. The van der Waals surface area contributed by atoms with Gasteiger partial charge in [0.1, 0.15) is 11.8 Å². The zero-order valence-electron chi connectivity index (χ0n) is 18.9. The van der Waals surface area contributed by atoms with Crippen LogP contribution in [-0.2, 0) is 11.3 Å². The maximum Gasteiger partial charge on any atom is 0.265 e. The third kappa shape index (κ3) is 5.82. The molecule has 172 valence electrons. The van der Waals surface area contributed by atoms with E-state index in [9.17, 15) is 9.59 Å². The van der Waals surface area contributed by atoms with Crippen LogP contribution in [0.2, 0.25) is 0 Å². The van der Waals surface area contributed by atoms with Crippen LogP contribution in [0.4, 0.5) is 0 Å². The van der Waals surface area contributed by atoms with Gasteiger partial charge in [0.15, 0.2) is 0 Å². The lowest BCUT2D eigenvalue weighted by molar-refractivity contribution is -0.127. The molecule has 3 aromatic rings. The summed E-state index contributed by atoms with van der Waals surface area (Å²) >= 11 is 1.39. The van der Waals surface area contributed by atoms with Crippen molar-refractivity contribution in [2.24, 2.45) is 0 Å². The molecular weight excluding hydrogens is 432 g/mol. The van der Waals surface area contributed by atoms with Crippen LogP contribution in [0.25, 0.3) is 0 Å². The Morgan fingerprint density at radius 1 is 1.03 bits per heavy atom. The van der Waals surface area contributed by atoms with E-state index in [2.05, 4.69) is 5.32 Å². The molecule has 1 N–H and O–H groups in total. The van der Waals surface area contributed by atoms with E-state index in [1.165, 1.54) is 17.8 Å². The number of nitrogens with zero attached hydrogens (tertiary/aromatic N) is 1. The van der Waals surface area contributed by atoms with E-state index in [1.807, 2.05) is 72.1 Å². The lowest BCUT2D eigenvalue weighted by atomic mass is 9.94. The Balaban J connectivity index is 1.71. The average Bonchev–Trinajstić information content (AvgIpc) is 3.40. The minimum Gasteiger partial charge on any atom is -0.497 e. The van der Waals surface area contributed by atoms with Crippen LogP contribution < -0.4 is 10.1 Å². The Kier molecular flexibility index (Phi) is 7.79. The molecule has 0 bridgehead atoms. The molecule has 0 spiro atoms. The minimum atomic E-state index is -0.728. The zero-order chi connectivity index (χ0) is 23.0. The van der Waals surface area contributed by atoms with Crippen molar-refractivity contribution in [3.63, 3.8) is 0 Å². The number of nitrogens with one attached hydrogen (secondary N) is 1. The smallest absolute Gasteiger partial charge is 0.265 e.